The molecular weight excluding hydrogens is 312 g/mol. The Balaban J connectivity index is 1.85. The van der Waals surface area contributed by atoms with E-state index in [0.29, 0.717) is 30.8 Å². The first-order valence-corrected chi connectivity index (χ1v) is 7.71. The molecule has 1 unspecified atom stereocenters. The fourth-order valence-corrected chi connectivity index (χ4v) is 2.98. The van der Waals surface area contributed by atoms with E-state index < -0.39 is 22.9 Å². The van der Waals surface area contributed by atoms with Crippen LogP contribution in [0.25, 0.3) is 11.5 Å². The quantitative estimate of drug-likeness (QED) is 0.895. The van der Waals surface area contributed by atoms with Gasteiger partial charge in [-0.25, -0.2) is 0 Å². The lowest BCUT2D eigenvalue weighted by Gasteiger charge is -2.37. The third-order valence-corrected chi connectivity index (χ3v) is 4.43. The third-order valence-electron chi connectivity index (χ3n) is 4.43. The predicted octanol–water partition coefficient (Wildman–Crippen LogP) is 1.96. The lowest BCUT2D eigenvalue weighted by molar-refractivity contribution is -0.150. The summed E-state index contributed by atoms with van der Waals surface area (Å²) in [6.45, 7) is 2.17. The highest BCUT2D eigenvalue weighted by molar-refractivity contribution is 5.94. The fourth-order valence-electron chi connectivity index (χ4n) is 2.98. The standard InChI is InChI=1S/C17H18N2O5/c1-17(16(22)23)7-3-8-19(10-17)15(21)11-5-6-12(18-14(11)20)13-4-2-9-24-13/h2,4-6,9H,3,7-8,10H2,1H3,(H,18,20)(H,22,23). The van der Waals surface area contributed by atoms with E-state index in [0.717, 1.165) is 0 Å². The van der Waals surface area contributed by atoms with Gasteiger partial charge >= 0.3 is 5.97 Å². The number of amides is 1. The Morgan fingerprint density at radius 3 is 2.75 bits per heavy atom. The molecule has 1 fully saturated rings. The van der Waals surface area contributed by atoms with Crippen LogP contribution in [0.5, 0.6) is 0 Å². The van der Waals surface area contributed by atoms with Gasteiger partial charge in [0.25, 0.3) is 11.5 Å². The van der Waals surface area contributed by atoms with Crippen LogP contribution in [0.3, 0.4) is 0 Å². The molecule has 0 bridgehead atoms. The molecule has 0 aliphatic carbocycles. The van der Waals surface area contributed by atoms with Gasteiger partial charge in [-0.2, -0.15) is 0 Å². The smallest absolute Gasteiger partial charge is 0.311 e. The maximum atomic E-state index is 12.6. The number of pyridine rings is 1. The van der Waals surface area contributed by atoms with E-state index in [1.165, 1.54) is 17.2 Å². The number of nitrogens with zero attached hydrogens (tertiary/aromatic N) is 1. The molecular formula is C17H18N2O5. The molecule has 126 valence electrons. The minimum Gasteiger partial charge on any atom is -0.481 e. The lowest BCUT2D eigenvalue weighted by atomic mass is 9.82. The largest absolute Gasteiger partial charge is 0.481 e. The number of aromatic amines is 1. The van der Waals surface area contributed by atoms with E-state index in [1.54, 1.807) is 25.1 Å². The minimum absolute atomic E-state index is 0.0000510. The van der Waals surface area contributed by atoms with Crippen molar-refractivity contribution in [3.63, 3.8) is 0 Å². The molecule has 3 heterocycles. The number of hydrogen-bond acceptors (Lipinski definition) is 4. The summed E-state index contributed by atoms with van der Waals surface area (Å²) in [5, 5.41) is 9.35. The van der Waals surface area contributed by atoms with E-state index in [9.17, 15) is 19.5 Å². The molecule has 1 atom stereocenters. The number of H-pyrrole nitrogens is 1. The second-order valence-electron chi connectivity index (χ2n) is 6.29. The van der Waals surface area contributed by atoms with Crippen molar-refractivity contribution in [2.75, 3.05) is 13.1 Å². The first-order chi connectivity index (χ1) is 11.4. The highest BCUT2D eigenvalue weighted by Gasteiger charge is 2.39. The highest BCUT2D eigenvalue weighted by Crippen LogP contribution is 2.30. The summed E-state index contributed by atoms with van der Waals surface area (Å²) in [4.78, 5) is 40.3. The average molecular weight is 330 g/mol. The van der Waals surface area contributed by atoms with Gasteiger partial charge < -0.3 is 19.4 Å². The molecule has 1 saturated heterocycles. The number of carbonyl (C=O) groups excluding carboxylic acids is 1. The lowest BCUT2D eigenvalue weighted by Crippen LogP contribution is -2.49. The number of hydrogen-bond donors (Lipinski definition) is 2. The number of carbonyl (C=O) groups is 2. The van der Waals surface area contributed by atoms with Crippen LogP contribution >= 0.6 is 0 Å². The Bertz CT molecular complexity index is 824. The van der Waals surface area contributed by atoms with Gasteiger partial charge in [-0.15, -0.1) is 0 Å². The van der Waals surface area contributed by atoms with Gasteiger partial charge in [-0.1, -0.05) is 0 Å². The second kappa shape index (κ2) is 5.99. The van der Waals surface area contributed by atoms with Crippen molar-refractivity contribution in [1.29, 1.82) is 0 Å². The summed E-state index contributed by atoms with van der Waals surface area (Å²) in [5.74, 6) is -0.876. The molecule has 1 aliphatic rings. The van der Waals surface area contributed by atoms with Gasteiger partial charge in [-0.3, -0.25) is 14.4 Å². The minimum atomic E-state index is -0.977. The van der Waals surface area contributed by atoms with E-state index in [2.05, 4.69) is 4.98 Å². The number of carboxylic acids is 1. The maximum Gasteiger partial charge on any atom is 0.311 e. The molecule has 2 aromatic rings. The van der Waals surface area contributed by atoms with Gasteiger partial charge in [0.15, 0.2) is 0 Å². The van der Waals surface area contributed by atoms with E-state index in [4.69, 9.17) is 4.42 Å². The van der Waals surface area contributed by atoms with Crippen LogP contribution in [0.15, 0.2) is 39.7 Å². The van der Waals surface area contributed by atoms with Gasteiger partial charge in [0.1, 0.15) is 11.3 Å². The van der Waals surface area contributed by atoms with Crippen LogP contribution in [0, 0.1) is 5.41 Å². The number of piperidine rings is 1. The summed E-state index contributed by atoms with van der Waals surface area (Å²) >= 11 is 0. The molecule has 7 heteroatoms. The summed E-state index contributed by atoms with van der Waals surface area (Å²) in [6, 6.07) is 6.46. The zero-order valence-corrected chi connectivity index (χ0v) is 13.2. The Hall–Kier alpha value is -2.83. The van der Waals surface area contributed by atoms with Gasteiger partial charge in [-0.05, 0) is 44.0 Å². The zero-order valence-electron chi connectivity index (χ0n) is 13.2. The first kappa shape index (κ1) is 16.0. The molecule has 2 N–H and O–H groups in total. The van der Waals surface area contributed by atoms with Crippen molar-refractivity contribution in [2.45, 2.75) is 19.8 Å². The number of likely N-dealkylation sites (tertiary alicyclic amines) is 1. The molecule has 1 aliphatic heterocycles. The molecule has 0 saturated carbocycles. The Labute approximate surface area is 137 Å². The molecule has 24 heavy (non-hydrogen) atoms. The van der Waals surface area contributed by atoms with Crippen molar-refractivity contribution in [2.24, 2.45) is 5.41 Å². The SMILES string of the molecule is CC1(C(=O)O)CCCN(C(=O)c2ccc(-c3ccco3)[nH]c2=O)C1. The van der Waals surface area contributed by atoms with Gasteiger partial charge in [0.05, 0.1) is 17.4 Å². The fraction of sp³-hybridized carbons (Fsp3) is 0.353. The topological polar surface area (TPSA) is 104 Å². The predicted molar refractivity (Wildman–Crippen MR) is 85.6 cm³/mol. The van der Waals surface area contributed by atoms with Crippen LogP contribution in [-0.2, 0) is 4.79 Å². The number of carboxylic acid groups (broad SMARTS) is 1. The van der Waals surface area contributed by atoms with Crippen LogP contribution < -0.4 is 5.56 Å². The van der Waals surface area contributed by atoms with Gasteiger partial charge in [0, 0.05) is 13.1 Å². The average Bonchev–Trinajstić information content (AvgIpc) is 3.08. The Kier molecular flexibility index (Phi) is 4.01. The first-order valence-electron chi connectivity index (χ1n) is 7.71. The molecule has 7 nitrogen and oxygen atoms in total. The van der Waals surface area contributed by atoms with Crippen LogP contribution in [0.4, 0.5) is 0 Å². The van der Waals surface area contributed by atoms with Crippen molar-refractivity contribution < 1.29 is 19.1 Å². The Morgan fingerprint density at radius 2 is 2.12 bits per heavy atom. The van der Waals surface area contributed by atoms with E-state index in [-0.39, 0.29) is 12.1 Å². The highest BCUT2D eigenvalue weighted by atomic mass is 16.4. The van der Waals surface area contributed by atoms with E-state index in [1.807, 2.05) is 0 Å². The molecule has 1 amide bonds. The zero-order chi connectivity index (χ0) is 17.3. The Morgan fingerprint density at radius 1 is 1.33 bits per heavy atom. The van der Waals surface area contributed by atoms with Crippen LogP contribution in [0.1, 0.15) is 30.1 Å². The summed E-state index contributed by atoms with van der Waals surface area (Å²) in [6.07, 6.45) is 2.60. The third kappa shape index (κ3) is 2.84. The molecule has 2 aromatic heterocycles. The maximum absolute atomic E-state index is 12.6. The van der Waals surface area contributed by atoms with Crippen molar-refractivity contribution in [1.82, 2.24) is 9.88 Å². The van der Waals surface area contributed by atoms with Crippen LogP contribution in [0.2, 0.25) is 0 Å². The number of furan rings is 1. The molecule has 0 spiro atoms. The molecule has 3 rings (SSSR count). The number of aromatic nitrogens is 1. The van der Waals surface area contributed by atoms with Gasteiger partial charge in [0.2, 0.25) is 0 Å². The summed E-state index contributed by atoms with van der Waals surface area (Å²) in [5.41, 5.74) is -1.01. The second-order valence-corrected chi connectivity index (χ2v) is 6.29. The number of nitrogens with one attached hydrogen (secondary N) is 1. The number of aliphatic carboxylic acids is 1. The van der Waals surface area contributed by atoms with Crippen molar-refractivity contribution in [3.8, 4) is 11.5 Å². The van der Waals surface area contributed by atoms with Crippen molar-refractivity contribution in [3.05, 3.63) is 46.4 Å². The van der Waals surface area contributed by atoms with Crippen LogP contribution in [-0.4, -0.2) is 40.0 Å². The monoisotopic (exact) mass is 330 g/mol. The van der Waals surface area contributed by atoms with E-state index >= 15 is 0 Å². The summed E-state index contributed by atoms with van der Waals surface area (Å²) < 4.78 is 5.21. The number of rotatable bonds is 3. The summed E-state index contributed by atoms with van der Waals surface area (Å²) in [7, 11) is 0. The molecule has 0 aromatic carbocycles. The normalized spacial score (nSPS) is 20.8. The van der Waals surface area contributed by atoms with Crippen molar-refractivity contribution >= 4 is 11.9 Å². The molecule has 0 radical (unpaired) electrons.